The fourth-order valence-corrected chi connectivity index (χ4v) is 1.01. The molecule has 0 aliphatic heterocycles. The minimum atomic E-state index is -1.27. The van der Waals surface area contributed by atoms with Crippen molar-refractivity contribution in [1.82, 2.24) is 0 Å². The van der Waals surface area contributed by atoms with Gasteiger partial charge in [-0.2, -0.15) is 0 Å². The van der Waals surface area contributed by atoms with E-state index in [0.29, 0.717) is 11.3 Å². The number of rotatable bonds is 3. The van der Waals surface area contributed by atoms with Gasteiger partial charge in [0.2, 0.25) is 0 Å². The number of esters is 1. The Hall–Kier alpha value is -2.10. The van der Waals surface area contributed by atoms with Crippen LogP contribution in [0.25, 0.3) is 6.08 Å². The summed E-state index contributed by atoms with van der Waals surface area (Å²) in [5, 5.41) is 10.2. The Bertz CT molecular complexity index is 407. The standard InChI is InChI=1S/C11H10O4/c1-8(12)15-10-4-2-3-9(7-10)5-6-11(13)14/h2-7H,1H3,(H,13,14)/p-1/b6-5+. The second-order valence-electron chi connectivity index (χ2n) is 2.82. The predicted octanol–water partition coefficient (Wildman–Crippen LogP) is 0.375. The van der Waals surface area contributed by atoms with Crippen LogP contribution in [0.2, 0.25) is 0 Å². The van der Waals surface area contributed by atoms with Crippen LogP contribution in [-0.2, 0) is 9.59 Å². The van der Waals surface area contributed by atoms with Crippen LogP contribution in [0.4, 0.5) is 0 Å². The van der Waals surface area contributed by atoms with E-state index in [2.05, 4.69) is 0 Å². The van der Waals surface area contributed by atoms with E-state index in [1.165, 1.54) is 13.0 Å². The van der Waals surface area contributed by atoms with Crippen molar-refractivity contribution in [2.24, 2.45) is 0 Å². The topological polar surface area (TPSA) is 66.4 Å². The van der Waals surface area contributed by atoms with Gasteiger partial charge in [-0.3, -0.25) is 4.79 Å². The van der Waals surface area contributed by atoms with E-state index in [-0.39, 0.29) is 0 Å². The lowest BCUT2D eigenvalue weighted by atomic mass is 10.2. The summed E-state index contributed by atoms with van der Waals surface area (Å²) in [4.78, 5) is 20.8. The van der Waals surface area contributed by atoms with E-state index in [9.17, 15) is 14.7 Å². The molecule has 0 aromatic heterocycles. The zero-order valence-electron chi connectivity index (χ0n) is 8.10. The summed E-state index contributed by atoms with van der Waals surface area (Å²) in [5.41, 5.74) is 0.623. The molecule has 0 atom stereocenters. The van der Waals surface area contributed by atoms with E-state index < -0.39 is 11.9 Å². The monoisotopic (exact) mass is 205 g/mol. The summed E-state index contributed by atoms with van der Waals surface area (Å²) in [6.45, 7) is 1.30. The molecule has 0 aliphatic carbocycles. The van der Waals surface area contributed by atoms with Crippen molar-refractivity contribution < 1.29 is 19.4 Å². The lowest BCUT2D eigenvalue weighted by molar-refractivity contribution is -0.297. The van der Waals surface area contributed by atoms with Crippen LogP contribution < -0.4 is 9.84 Å². The van der Waals surface area contributed by atoms with Crippen molar-refractivity contribution in [3.63, 3.8) is 0 Å². The van der Waals surface area contributed by atoms with Gasteiger partial charge in [0.05, 0.1) is 5.97 Å². The Morgan fingerprint density at radius 3 is 2.73 bits per heavy atom. The van der Waals surface area contributed by atoms with Gasteiger partial charge in [-0.05, 0) is 23.8 Å². The van der Waals surface area contributed by atoms with E-state index in [1.54, 1.807) is 24.3 Å². The van der Waals surface area contributed by atoms with Gasteiger partial charge in [0.15, 0.2) is 0 Å². The lowest BCUT2D eigenvalue weighted by Gasteiger charge is -2.01. The lowest BCUT2D eigenvalue weighted by Crippen LogP contribution is -2.18. The number of carbonyl (C=O) groups excluding carboxylic acids is 2. The zero-order chi connectivity index (χ0) is 11.3. The summed E-state index contributed by atoms with van der Waals surface area (Å²) in [7, 11) is 0. The molecular weight excluding hydrogens is 196 g/mol. The summed E-state index contributed by atoms with van der Waals surface area (Å²) in [6, 6.07) is 6.51. The molecule has 0 heterocycles. The smallest absolute Gasteiger partial charge is 0.308 e. The maximum Gasteiger partial charge on any atom is 0.308 e. The van der Waals surface area contributed by atoms with Crippen LogP contribution in [0.15, 0.2) is 30.3 Å². The van der Waals surface area contributed by atoms with Gasteiger partial charge in [0.1, 0.15) is 5.75 Å². The number of benzene rings is 1. The Morgan fingerprint density at radius 1 is 1.40 bits per heavy atom. The highest BCUT2D eigenvalue weighted by Crippen LogP contribution is 2.14. The highest BCUT2D eigenvalue weighted by Gasteiger charge is 1.97. The van der Waals surface area contributed by atoms with Gasteiger partial charge in [-0.15, -0.1) is 0 Å². The van der Waals surface area contributed by atoms with Crippen molar-refractivity contribution in [2.75, 3.05) is 0 Å². The van der Waals surface area contributed by atoms with Crippen molar-refractivity contribution in [1.29, 1.82) is 0 Å². The summed E-state index contributed by atoms with van der Waals surface area (Å²) in [5.74, 6) is -1.31. The number of aliphatic carboxylic acids is 1. The van der Waals surface area contributed by atoms with Gasteiger partial charge < -0.3 is 14.6 Å². The minimum absolute atomic E-state index is 0.378. The van der Waals surface area contributed by atoms with Crippen molar-refractivity contribution >= 4 is 18.0 Å². The molecule has 15 heavy (non-hydrogen) atoms. The third-order valence-electron chi connectivity index (χ3n) is 1.53. The molecule has 0 amide bonds. The van der Waals surface area contributed by atoms with E-state index in [0.717, 1.165) is 6.08 Å². The van der Waals surface area contributed by atoms with Gasteiger partial charge in [-0.25, -0.2) is 0 Å². The number of carboxylic acid groups (broad SMARTS) is 1. The predicted molar refractivity (Wildman–Crippen MR) is 51.8 cm³/mol. The molecule has 0 radical (unpaired) electrons. The Balaban J connectivity index is 2.82. The maximum absolute atomic E-state index is 10.6. The Morgan fingerprint density at radius 2 is 2.13 bits per heavy atom. The number of hydrogen-bond acceptors (Lipinski definition) is 4. The largest absolute Gasteiger partial charge is 0.545 e. The van der Waals surface area contributed by atoms with Crippen molar-refractivity contribution in [3.05, 3.63) is 35.9 Å². The van der Waals surface area contributed by atoms with Crippen LogP contribution >= 0.6 is 0 Å². The SMILES string of the molecule is CC(=O)Oc1cccc(/C=C/C(=O)[O-])c1. The molecule has 0 unspecified atom stereocenters. The first-order valence-corrected chi connectivity index (χ1v) is 4.25. The van der Waals surface area contributed by atoms with E-state index in [4.69, 9.17) is 4.74 Å². The average Bonchev–Trinajstić information content (AvgIpc) is 2.14. The molecule has 0 bridgehead atoms. The summed E-state index contributed by atoms with van der Waals surface area (Å²) in [6.07, 6.45) is 2.27. The van der Waals surface area contributed by atoms with E-state index >= 15 is 0 Å². The first-order valence-electron chi connectivity index (χ1n) is 4.25. The Labute approximate surface area is 86.8 Å². The molecule has 1 aromatic rings. The molecule has 78 valence electrons. The highest BCUT2D eigenvalue weighted by atomic mass is 16.5. The molecule has 4 nitrogen and oxygen atoms in total. The molecule has 4 heteroatoms. The van der Waals surface area contributed by atoms with Gasteiger partial charge >= 0.3 is 5.97 Å². The summed E-state index contributed by atoms with van der Waals surface area (Å²) < 4.78 is 4.83. The fourth-order valence-electron chi connectivity index (χ4n) is 1.01. The number of carboxylic acids is 1. The summed E-state index contributed by atoms with van der Waals surface area (Å²) >= 11 is 0. The molecule has 1 aromatic carbocycles. The molecule has 0 spiro atoms. The van der Waals surface area contributed by atoms with Crippen molar-refractivity contribution in [3.8, 4) is 5.75 Å². The quantitative estimate of drug-likeness (QED) is 0.406. The van der Waals surface area contributed by atoms with Gasteiger partial charge in [-0.1, -0.05) is 18.2 Å². The Kier molecular flexibility index (Phi) is 3.62. The fraction of sp³-hybridized carbons (Fsp3) is 0.0909. The molecular formula is C11H9O4-. The van der Waals surface area contributed by atoms with Crippen LogP contribution in [0.3, 0.4) is 0 Å². The number of hydrogen-bond donors (Lipinski definition) is 0. The van der Waals surface area contributed by atoms with Crippen LogP contribution in [0.1, 0.15) is 12.5 Å². The first-order chi connectivity index (χ1) is 7.08. The van der Waals surface area contributed by atoms with Crippen LogP contribution in [0.5, 0.6) is 5.75 Å². The second kappa shape index (κ2) is 4.95. The highest BCUT2D eigenvalue weighted by molar-refractivity contribution is 5.83. The number of carbonyl (C=O) groups is 2. The maximum atomic E-state index is 10.6. The molecule has 0 saturated carbocycles. The minimum Gasteiger partial charge on any atom is -0.545 e. The number of ether oxygens (including phenoxy) is 1. The van der Waals surface area contributed by atoms with Gasteiger partial charge in [0, 0.05) is 6.92 Å². The normalized spacial score (nSPS) is 10.2. The molecule has 0 N–H and O–H groups in total. The zero-order valence-corrected chi connectivity index (χ0v) is 8.10. The molecule has 0 saturated heterocycles. The first kappa shape index (κ1) is 11.0. The third kappa shape index (κ3) is 4.08. The average molecular weight is 205 g/mol. The second-order valence-corrected chi connectivity index (χ2v) is 2.82. The van der Waals surface area contributed by atoms with Crippen LogP contribution in [0, 0.1) is 0 Å². The van der Waals surface area contributed by atoms with Gasteiger partial charge in [0.25, 0.3) is 0 Å². The molecule has 1 rings (SSSR count). The van der Waals surface area contributed by atoms with Crippen LogP contribution in [-0.4, -0.2) is 11.9 Å². The third-order valence-corrected chi connectivity index (χ3v) is 1.53. The van der Waals surface area contributed by atoms with E-state index in [1.807, 2.05) is 0 Å². The molecule has 0 aliphatic rings. The molecule has 0 fully saturated rings. The van der Waals surface area contributed by atoms with Crippen molar-refractivity contribution in [2.45, 2.75) is 6.92 Å².